The topological polar surface area (TPSA) is 79.1 Å². The van der Waals surface area contributed by atoms with Gasteiger partial charge in [0.1, 0.15) is 12.6 Å². The fraction of sp³-hybridized carbons (Fsp3) is 0.265. The van der Waals surface area contributed by atoms with E-state index in [2.05, 4.69) is 17.1 Å². The van der Waals surface area contributed by atoms with Gasteiger partial charge in [-0.25, -0.2) is 9.79 Å². The Morgan fingerprint density at radius 1 is 1.05 bits per heavy atom. The molecule has 0 fully saturated rings. The number of carbonyl (C=O) groups is 1. The van der Waals surface area contributed by atoms with Gasteiger partial charge in [0, 0.05) is 5.02 Å². The van der Waals surface area contributed by atoms with Crippen molar-refractivity contribution in [3.05, 3.63) is 125 Å². The Morgan fingerprint density at radius 2 is 1.79 bits per heavy atom. The molecule has 9 heteroatoms. The summed E-state index contributed by atoms with van der Waals surface area (Å²) in [5.41, 5.74) is 4.11. The van der Waals surface area contributed by atoms with Crippen LogP contribution in [0.5, 0.6) is 11.5 Å². The average Bonchev–Trinajstić information content (AvgIpc) is 3.26. The number of hydrogen-bond donors (Lipinski definition) is 0. The number of halogens is 1. The number of aryl methyl sites for hydroxylation is 1. The lowest BCUT2D eigenvalue weighted by Crippen LogP contribution is -2.40. The Kier molecular flexibility index (Phi) is 9.18. The van der Waals surface area contributed by atoms with E-state index in [1.807, 2.05) is 62.4 Å². The van der Waals surface area contributed by atoms with E-state index in [4.69, 9.17) is 25.8 Å². The molecule has 1 atom stereocenters. The van der Waals surface area contributed by atoms with Gasteiger partial charge in [-0.05, 0) is 75.6 Å². The largest absolute Gasteiger partial charge is 0.490 e. The summed E-state index contributed by atoms with van der Waals surface area (Å²) in [6.45, 7) is 10.1. The summed E-state index contributed by atoms with van der Waals surface area (Å²) in [6, 6.07) is 20.2. The molecule has 0 N–H and O–H groups in total. The molecule has 0 bridgehead atoms. The van der Waals surface area contributed by atoms with Crippen molar-refractivity contribution in [1.29, 1.82) is 0 Å². The van der Waals surface area contributed by atoms with E-state index in [1.165, 1.54) is 21.5 Å². The summed E-state index contributed by atoms with van der Waals surface area (Å²) in [5, 5.41) is 0.439. The van der Waals surface area contributed by atoms with E-state index in [0.29, 0.717) is 50.3 Å². The number of aromatic nitrogens is 1. The minimum absolute atomic E-state index is 0.284. The average molecular weight is 617 g/mol. The first kappa shape index (κ1) is 30.3. The van der Waals surface area contributed by atoms with E-state index in [-0.39, 0.29) is 17.2 Å². The molecule has 0 spiro atoms. The number of thiazole rings is 1. The van der Waals surface area contributed by atoms with Crippen LogP contribution < -0.4 is 24.4 Å². The van der Waals surface area contributed by atoms with Crippen LogP contribution in [0.3, 0.4) is 0 Å². The number of fused-ring (bicyclic) bond motifs is 1. The fourth-order valence-electron chi connectivity index (χ4n) is 4.85. The van der Waals surface area contributed by atoms with Crippen molar-refractivity contribution in [2.45, 2.75) is 53.4 Å². The highest BCUT2D eigenvalue weighted by molar-refractivity contribution is 7.07. The summed E-state index contributed by atoms with van der Waals surface area (Å²) < 4.78 is 19.5. The highest BCUT2D eigenvalue weighted by atomic mass is 35.5. The number of benzene rings is 3. The Labute approximate surface area is 259 Å². The molecule has 0 aliphatic carbocycles. The van der Waals surface area contributed by atoms with Crippen molar-refractivity contribution < 1.29 is 19.0 Å². The Bertz CT molecular complexity index is 1870. The molecule has 2 heterocycles. The zero-order valence-electron chi connectivity index (χ0n) is 24.7. The van der Waals surface area contributed by atoms with Gasteiger partial charge < -0.3 is 14.2 Å². The summed E-state index contributed by atoms with van der Waals surface area (Å²) in [6.07, 6.45) is 1.46. The summed E-state index contributed by atoms with van der Waals surface area (Å²) >= 11 is 7.87. The van der Waals surface area contributed by atoms with Gasteiger partial charge in [-0.15, -0.1) is 0 Å². The summed E-state index contributed by atoms with van der Waals surface area (Å²) in [4.78, 5) is 32.4. The predicted octanol–water partition coefficient (Wildman–Crippen LogP) is 6.13. The lowest BCUT2D eigenvalue weighted by Gasteiger charge is -2.26. The second-order valence-corrected chi connectivity index (χ2v) is 11.9. The molecule has 1 unspecified atom stereocenters. The molecule has 43 heavy (non-hydrogen) atoms. The van der Waals surface area contributed by atoms with Gasteiger partial charge in [0.2, 0.25) is 0 Å². The second kappa shape index (κ2) is 13.0. The monoisotopic (exact) mass is 616 g/mol. The maximum Gasteiger partial charge on any atom is 0.338 e. The third-order valence-electron chi connectivity index (χ3n) is 6.86. The van der Waals surface area contributed by atoms with E-state index in [9.17, 15) is 9.59 Å². The highest BCUT2D eigenvalue weighted by Gasteiger charge is 2.34. The minimum Gasteiger partial charge on any atom is -0.490 e. The van der Waals surface area contributed by atoms with Crippen molar-refractivity contribution in [2.75, 3.05) is 6.61 Å². The molecular formula is C34H33ClN2O5S. The molecule has 1 aliphatic rings. The molecule has 1 aliphatic heterocycles. The standard InChI is InChI=1S/C34H33ClN2O5S/c1-6-40-28-17-24(15-16-27(28)41-19-23-13-11-21(4)12-14-23)18-29-32(38)37-31(25-9-7-8-10-26(25)35)30(33(39)42-20(2)3)22(5)36-34(37)43-29/h7-18,20,31H,6,19H2,1-5H3. The lowest BCUT2D eigenvalue weighted by molar-refractivity contribution is -0.143. The van der Waals surface area contributed by atoms with Gasteiger partial charge in [0.05, 0.1) is 28.5 Å². The van der Waals surface area contributed by atoms with Gasteiger partial charge in [-0.1, -0.05) is 77.0 Å². The zero-order valence-corrected chi connectivity index (χ0v) is 26.3. The van der Waals surface area contributed by atoms with Crippen LogP contribution in [0.1, 0.15) is 56.0 Å². The van der Waals surface area contributed by atoms with Crippen LogP contribution in [0.2, 0.25) is 5.02 Å². The minimum atomic E-state index is -0.783. The first-order chi connectivity index (χ1) is 20.7. The number of hydrogen-bond acceptors (Lipinski definition) is 7. The lowest BCUT2D eigenvalue weighted by atomic mass is 9.96. The molecule has 222 valence electrons. The molecule has 0 saturated carbocycles. The van der Waals surface area contributed by atoms with Crippen molar-refractivity contribution in [2.24, 2.45) is 4.99 Å². The zero-order chi connectivity index (χ0) is 30.7. The molecule has 1 aromatic heterocycles. The third kappa shape index (κ3) is 6.60. The SMILES string of the molecule is CCOc1cc(C=c2sc3n(c2=O)C(c2ccccc2Cl)C(C(=O)OC(C)C)=C(C)N=3)ccc1OCc1ccc(C)cc1. The van der Waals surface area contributed by atoms with Crippen LogP contribution >= 0.6 is 22.9 Å². The van der Waals surface area contributed by atoms with Crippen molar-refractivity contribution in [3.8, 4) is 11.5 Å². The summed E-state index contributed by atoms with van der Waals surface area (Å²) in [5.74, 6) is 0.668. The maximum atomic E-state index is 14.0. The first-order valence-corrected chi connectivity index (χ1v) is 15.3. The van der Waals surface area contributed by atoms with Gasteiger partial charge in [-0.3, -0.25) is 9.36 Å². The normalized spacial score (nSPS) is 14.9. The molecule has 0 amide bonds. The highest BCUT2D eigenvalue weighted by Crippen LogP contribution is 2.35. The number of nitrogens with zero attached hydrogens (tertiary/aromatic N) is 2. The molecule has 3 aromatic carbocycles. The van der Waals surface area contributed by atoms with Gasteiger partial charge in [0.25, 0.3) is 5.56 Å². The second-order valence-electron chi connectivity index (χ2n) is 10.5. The summed E-state index contributed by atoms with van der Waals surface area (Å²) in [7, 11) is 0. The van der Waals surface area contributed by atoms with Crippen LogP contribution in [0, 0.1) is 6.92 Å². The molecule has 0 radical (unpaired) electrons. The Hall–Kier alpha value is -4.14. The number of ether oxygens (including phenoxy) is 3. The van der Waals surface area contributed by atoms with Crippen LogP contribution in [0.15, 0.2) is 87.8 Å². The Morgan fingerprint density at radius 3 is 2.49 bits per heavy atom. The number of allylic oxidation sites excluding steroid dienone is 1. The maximum absolute atomic E-state index is 14.0. The van der Waals surface area contributed by atoms with Crippen LogP contribution in [0.25, 0.3) is 6.08 Å². The van der Waals surface area contributed by atoms with Gasteiger partial charge in [-0.2, -0.15) is 0 Å². The molecule has 0 saturated heterocycles. The van der Waals surface area contributed by atoms with Crippen LogP contribution in [0.4, 0.5) is 0 Å². The molecule has 7 nitrogen and oxygen atoms in total. The molecular weight excluding hydrogens is 584 g/mol. The van der Waals surface area contributed by atoms with Gasteiger partial charge >= 0.3 is 5.97 Å². The third-order valence-corrected chi connectivity index (χ3v) is 8.19. The van der Waals surface area contributed by atoms with Crippen LogP contribution in [-0.2, 0) is 16.1 Å². The smallest absolute Gasteiger partial charge is 0.338 e. The van der Waals surface area contributed by atoms with Crippen LogP contribution in [-0.4, -0.2) is 23.2 Å². The number of rotatable bonds is 9. The van der Waals surface area contributed by atoms with Crippen molar-refractivity contribution in [3.63, 3.8) is 0 Å². The molecule has 5 rings (SSSR count). The molecule has 4 aromatic rings. The predicted molar refractivity (Wildman–Crippen MR) is 170 cm³/mol. The van der Waals surface area contributed by atoms with Crippen molar-refractivity contribution >= 4 is 35.0 Å². The first-order valence-electron chi connectivity index (χ1n) is 14.1. The number of esters is 1. The van der Waals surface area contributed by atoms with Gasteiger partial charge in [0.15, 0.2) is 16.3 Å². The van der Waals surface area contributed by atoms with E-state index < -0.39 is 12.0 Å². The fourth-order valence-corrected chi connectivity index (χ4v) is 6.14. The van der Waals surface area contributed by atoms with Crippen molar-refractivity contribution in [1.82, 2.24) is 4.57 Å². The van der Waals surface area contributed by atoms with E-state index in [0.717, 1.165) is 11.1 Å². The Balaban J connectivity index is 1.56. The van der Waals surface area contributed by atoms with E-state index in [1.54, 1.807) is 32.9 Å². The van der Waals surface area contributed by atoms with E-state index >= 15 is 0 Å². The number of carbonyl (C=O) groups excluding carboxylic acids is 1. The quantitative estimate of drug-likeness (QED) is 0.212.